The van der Waals surface area contributed by atoms with Gasteiger partial charge in [-0.2, -0.15) is 0 Å². The Bertz CT molecular complexity index is 1280. The molecule has 234 valence electrons. The van der Waals surface area contributed by atoms with Crippen molar-refractivity contribution < 1.29 is 44.1 Å². The number of phenolic OH excluding ortho intramolecular Hbond substituents is 1. The Morgan fingerprint density at radius 1 is 1.16 bits per heavy atom. The van der Waals surface area contributed by atoms with E-state index in [2.05, 4.69) is 35.6 Å². The molecule has 2 fully saturated rings. The lowest BCUT2D eigenvalue weighted by Gasteiger charge is -2.43. The molecule has 0 aromatic heterocycles. The Morgan fingerprint density at radius 3 is 2.60 bits per heavy atom. The molecule has 2 heterocycles. The van der Waals surface area contributed by atoms with Crippen LogP contribution in [0.15, 0.2) is 28.9 Å². The average Bonchev–Trinajstić information content (AvgIpc) is 3.21. The molecule has 1 aliphatic carbocycles. The van der Waals surface area contributed by atoms with Gasteiger partial charge in [-0.3, -0.25) is 19.3 Å². The fraction of sp³-hybridized carbons (Fsp3) is 0.581. The van der Waals surface area contributed by atoms with E-state index < -0.39 is 36.9 Å². The number of aliphatic carboxylic acids is 1. The van der Waals surface area contributed by atoms with Gasteiger partial charge in [0.2, 0.25) is 11.8 Å². The molecule has 0 spiro atoms. The maximum atomic E-state index is 13.6. The number of imide groups is 1. The summed E-state index contributed by atoms with van der Waals surface area (Å²) in [5.74, 6) is -2.44. The van der Waals surface area contributed by atoms with Crippen LogP contribution in [0.4, 0.5) is 0 Å². The number of unbranched alkanes of at least 4 members (excludes halogenated alkanes) is 2. The third-order valence-corrected chi connectivity index (χ3v) is 9.62. The zero-order chi connectivity index (χ0) is 31.3. The van der Waals surface area contributed by atoms with E-state index in [9.17, 15) is 29.6 Å². The maximum Gasteiger partial charge on any atom is 0.455 e. The molecule has 1 aromatic rings. The molecule has 3 aliphatic rings. The van der Waals surface area contributed by atoms with Crippen LogP contribution in [-0.4, -0.2) is 76.5 Å². The van der Waals surface area contributed by atoms with Crippen LogP contribution in [0.3, 0.4) is 0 Å². The van der Waals surface area contributed by atoms with Crippen LogP contribution in [0.2, 0.25) is 6.32 Å². The molecule has 12 heteroatoms. The van der Waals surface area contributed by atoms with Crippen molar-refractivity contribution in [1.82, 2.24) is 4.90 Å². The number of aromatic hydroxyl groups is 1. The number of benzene rings is 1. The van der Waals surface area contributed by atoms with E-state index in [1.165, 1.54) is 12.0 Å². The smallest absolute Gasteiger partial charge is 0.455 e. The molecule has 2 amide bonds. The number of fused-ring (bicyclic) bond motifs is 3. The highest BCUT2D eigenvalue weighted by molar-refractivity contribution is 14.1. The van der Waals surface area contributed by atoms with Crippen LogP contribution in [0.25, 0.3) is 6.08 Å². The fourth-order valence-electron chi connectivity index (χ4n) is 6.89. The van der Waals surface area contributed by atoms with Crippen molar-refractivity contribution >= 4 is 53.6 Å². The molecule has 2 saturated heterocycles. The predicted molar refractivity (Wildman–Crippen MR) is 169 cm³/mol. The van der Waals surface area contributed by atoms with Crippen LogP contribution in [0.5, 0.6) is 11.5 Å². The number of allylic oxidation sites excluding steroid dienone is 1. The largest absolute Gasteiger partial charge is 0.504 e. The monoisotopic (exact) mass is 709 g/mol. The first-order chi connectivity index (χ1) is 20.6. The quantitative estimate of drug-likeness (QED) is 0.0724. The number of aliphatic hydroxyl groups is 1. The minimum Gasteiger partial charge on any atom is -0.504 e. The Labute approximate surface area is 266 Å². The SMILES string of the molecule is CCC/C(=C\c1cc(I)c(O)c(OC)c1)CC[C@H]1OB(O)C[C@H]2C1=C(CO)C[C@H]1C(=O)N(CCCCCC(=O)O)C(=O)[C@H]12. The Balaban J connectivity index is 1.53. The van der Waals surface area contributed by atoms with Gasteiger partial charge in [0, 0.05) is 13.0 Å². The van der Waals surface area contributed by atoms with Crippen LogP contribution in [0, 0.1) is 21.3 Å². The summed E-state index contributed by atoms with van der Waals surface area (Å²) in [6, 6.07) is 3.68. The second-order valence-corrected chi connectivity index (χ2v) is 12.8. The lowest BCUT2D eigenvalue weighted by atomic mass is 9.58. The highest BCUT2D eigenvalue weighted by Crippen LogP contribution is 2.50. The van der Waals surface area contributed by atoms with Gasteiger partial charge in [-0.05, 0) is 102 Å². The molecular formula is C31H41BINO9. The molecule has 2 aliphatic heterocycles. The number of phenols is 1. The molecule has 4 N–H and O–H groups in total. The van der Waals surface area contributed by atoms with Gasteiger partial charge in [0.05, 0.1) is 35.2 Å². The van der Waals surface area contributed by atoms with E-state index in [0.717, 1.165) is 29.6 Å². The molecule has 43 heavy (non-hydrogen) atoms. The lowest BCUT2D eigenvalue weighted by molar-refractivity contribution is -0.141. The Morgan fingerprint density at radius 2 is 1.93 bits per heavy atom. The van der Waals surface area contributed by atoms with Crippen molar-refractivity contribution in [1.29, 1.82) is 0 Å². The highest BCUT2D eigenvalue weighted by atomic mass is 127. The third kappa shape index (κ3) is 7.63. The minimum absolute atomic E-state index is 0.0548. The summed E-state index contributed by atoms with van der Waals surface area (Å²) in [4.78, 5) is 39.1. The van der Waals surface area contributed by atoms with Gasteiger partial charge in [-0.25, -0.2) is 0 Å². The number of aliphatic hydroxyl groups excluding tert-OH is 1. The number of amides is 2. The number of carboxylic acids is 1. The summed E-state index contributed by atoms with van der Waals surface area (Å²) >= 11 is 2.07. The standard InChI is InChI=1S/C31H41BINO9/c1-3-7-18(12-19-13-23(33)29(38)25(14-19)42-2)9-10-24-27-20(17-35)15-21-28(22(27)16-32(41)43-24)31(40)34(30(21)39)11-6-4-5-8-26(36)37/h12-14,21-22,24,28,35,38,41H,3-11,15-17H2,1-2H3,(H,36,37)/b18-12+/t21-,22+,24-,28-/m1/s1. The zero-order valence-electron chi connectivity index (χ0n) is 24.8. The summed E-state index contributed by atoms with van der Waals surface area (Å²) in [5.41, 5.74) is 3.62. The van der Waals surface area contributed by atoms with Gasteiger partial charge in [0.15, 0.2) is 11.5 Å². The molecule has 1 aromatic carbocycles. The van der Waals surface area contributed by atoms with Crippen LogP contribution in [0.1, 0.15) is 70.3 Å². The number of carbonyl (C=O) groups is 3. The number of likely N-dealkylation sites (tertiary alicyclic amines) is 1. The molecule has 0 unspecified atom stereocenters. The maximum absolute atomic E-state index is 13.6. The van der Waals surface area contributed by atoms with E-state index in [4.69, 9.17) is 14.5 Å². The number of hydrogen-bond donors (Lipinski definition) is 4. The van der Waals surface area contributed by atoms with Crippen molar-refractivity contribution in [3.63, 3.8) is 0 Å². The van der Waals surface area contributed by atoms with Crippen molar-refractivity contribution in [3.05, 3.63) is 38.0 Å². The number of hydrogen-bond acceptors (Lipinski definition) is 8. The molecule has 0 radical (unpaired) electrons. The summed E-state index contributed by atoms with van der Waals surface area (Å²) in [6.45, 7) is 2.10. The zero-order valence-corrected chi connectivity index (χ0v) is 26.9. The average molecular weight is 709 g/mol. The van der Waals surface area contributed by atoms with Gasteiger partial charge in [0.1, 0.15) is 0 Å². The van der Waals surface area contributed by atoms with E-state index in [1.807, 2.05) is 6.07 Å². The number of halogens is 1. The fourth-order valence-corrected chi connectivity index (χ4v) is 7.52. The molecular weight excluding hydrogens is 668 g/mol. The number of methoxy groups -OCH3 is 1. The first-order valence-electron chi connectivity index (χ1n) is 15.1. The van der Waals surface area contributed by atoms with Crippen molar-refractivity contribution in [3.8, 4) is 11.5 Å². The summed E-state index contributed by atoms with van der Waals surface area (Å²) in [6.07, 6.45) is 6.68. The molecule has 0 saturated carbocycles. The lowest BCUT2D eigenvalue weighted by Crippen LogP contribution is -2.46. The summed E-state index contributed by atoms with van der Waals surface area (Å²) in [7, 11) is 0.422. The number of rotatable bonds is 14. The normalized spacial score (nSPS) is 24.0. The second-order valence-electron chi connectivity index (χ2n) is 11.7. The molecule has 0 bridgehead atoms. The molecule has 4 atom stereocenters. The second kappa shape index (κ2) is 15.0. The number of carboxylic acid groups (broad SMARTS) is 1. The van der Waals surface area contributed by atoms with E-state index >= 15 is 0 Å². The Hall–Kier alpha value is -2.42. The summed E-state index contributed by atoms with van der Waals surface area (Å²) in [5, 5.41) is 40.2. The highest BCUT2D eigenvalue weighted by Gasteiger charge is 2.57. The molecule has 4 rings (SSSR count). The van der Waals surface area contributed by atoms with Gasteiger partial charge in [-0.1, -0.05) is 31.4 Å². The van der Waals surface area contributed by atoms with Crippen LogP contribution in [-0.2, 0) is 19.0 Å². The van der Waals surface area contributed by atoms with E-state index in [0.29, 0.717) is 47.0 Å². The van der Waals surface area contributed by atoms with Gasteiger partial charge in [0.25, 0.3) is 0 Å². The van der Waals surface area contributed by atoms with E-state index in [1.54, 1.807) is 6.07 Å². The van der Waals surface area contributed by atoms with Crippen molar-refractivity contribution in [2.75, 3.05) is 20.3 Å². The number of nitrogens with zero attached hydrogens (tertiary/aromatic N) is 1. The first-order valence-corrected chi connectivity index (χ1v) is 16.2. The minimum atomic E-state index is -1.09. The van der Waals surface area contributed by atoms with Gasteiger partial charge in [-0.15, -0.1) is 0 Å². The molecule has 10 nitrogen and oxygen atoms in total. The van der Waals surface area contributed by atoms with Crippen LogP contribution >= 0.6 is 22.6 Å². The van der Waals surface area contributed by atoms with Gasteiger partial charge >= 0.3 is 13.1 Å². The first kappa shape index (κ1) is 33.5. The van der Waals surface area contributed by atoms with Crippen molar-refractivity contribution in [2.24, 2.45) is 17.8 Å². The number of carbonyl (C=O) groups excluding carboxylic acids is 2. The topological polar surface area (TPSA) is 154 Å². The van der Waals surface area contributed by atoms with Crippen LogP contribution < -0.4 is 4.74 Å². The summed E-state index contributed by atoms with van der Waals surface area (Å²) < 4.78 is 12.0. The van der Waals surface area contributed by atoms with E-state index in [-0.39, 0.29) is 49.9 Å². The predicted octanol–water partition coefficient (Wildman–Crippen LogP) is 4.40. The Kier molecular flexibility index (Phi) is 11.7. The third-order valence-electron chi connectivity index (χ3n) is 8.80. The number of ether oxygens (including phenoxy) is 1. The van der Waals surface area contributed by atoms with Crippen molar-refractivity contribution in [2.45, 2.75) is 77.1 Å². The van der Waals surface area contributed by atoms with Gasteiger partial charge < -0.3 is 29.7 Å².